The summed E-state index contributed by atoms with van der Waals surface area (Å²) in [4.78, 5) is 0. The monoisotopic (exact) mass is 312 g/mol. The van der Waals surface area contributed by atoms with Gasteiger partial charge in [-0.15, -0.1) is 6.58 Å². The molecule has 2 aromatic carbocycles. The lowest BCUT2D eigenvalue weighted by Gasteiger charge is -2.27. The van der Waals surface area contributed by atoms with Crippen molar-refractivity contribution >= 4 is 0 Å². The van der Waals surface area contributed by atoms with Crippen LogP contribution in [0.2, 0.25) is 0 Å². The number of hydrogen-bond acceptors (Lipinski definition) is 0. The van der Waals surface area contributed by atoms with Crippen molar-refractivity contribution in [3.05, 3.63) is 71.8 Å². The van der Waals surface area contributed by atoms with Gasteiger partial charge >= 0.3 is 0 Å². The molecule has 1 fully saturated rings. The van der Waals surface area contributed by atoms with Crippen LogP contribution in [-0.4, -0.2) is 0 Å². The van der Waals surface area contributed by atoms with Crippen LogP contribution in [0.1, 0.15) is 42.7 Å². The smallest absolute Gasteiger partial charge is 0.166 e. The Labute approximate surface area is 136 Å². The fourth-order valence-electron chi connectivity index (χ4n) is 3.49. The molecule has 1 aliphatic carbocycles. The Balaban J connectivity index is 1.80. The van der Waals surface area contributed by atoms with Gasteiger partial charge in [0.1, 0.15) is 0 Å². The number of hydrogen-bond donors (Lipinski definition) is 0. The summed E-state index contributed by atoms with van der Waals surface area (Å²) in [5.41, 5.74) is 2.69. The summed E-state index contributed by atoms with van der Waals surface area (Å²) in [5, 5.41) is 0. The third-order valence-corrected chi connectivity index (χ3v) is 5.07. The molecular weight excluding hydrogens is 290 g/mol. The van der Waals surface area contributed by atoms with E-state index in [0.29, 0.717) is 23.0 Å². The van der Waals surface area contributed by atoms with E-state index >= 15 is 0 Å². The molecule has 0 radical (unpaired) electrons. The number of benzene rings is 2. The number of halogens is 2. The van der Waals surface area contributed by atoms with Gasteiger partial charge < -0.3 is 0 Å². The molecule has 0 heterocycles. The first-order valence-corrected chi connectivity index (χ1v) is 8.27. The first kappa shape index (κ1) is 15.9. The van der Waals surface area contributed by atoms with Crippen LogP contribution in [0.4, 0.5) is 8.78 Å². The average molecular weight is 312 g/mol. The van der Waals surface area contributed by atoms with E-state index in [1.807, 2.05) is 12.1 Å². The molecule has 2 aromatic rings. The maximum absolute atomic E-state index is 14.1. The average Bonchev–Trinajstić information content (AvgIpc) is 2.60. The Bertz CT molecular complexity index is 693. The molecule has 120 valence electrons. The Hall–Kier alpha value is -1.96. The van der Waals surface area contributed by atoms with Crippen LogP contribution >= 0.6 is 0 Å². The van der Waals surface area contributed by atoms with E-state index in [1.165, 1.54) is 31.2 Å². The molecule has 0 bridgehead atoms. The minimum absolute atomic E-state index is 0.329. The molecule has 2 heteroatoms. The molecule has 0 nitrogen and oxygen atoms in total. The normalized spacial score (nSPS) is 21.2. The van der Waals surface area contributed by atoms with E-state index in [4.69, 9.17) is 0 Å². The van der Waals surface area contributed by atoms with Crippen LogP contribution in [0.5, 0.6) is 0 Å². The molecule has 0 aliphatic heterocycles. The lowest BCUT2D eigenvalue weighted by molar-refractivity contribution is 0.376. The summed E-state index contributed by atoms with van der Waals surface area (Å²) in [7, 11) is 0. The van der Waals surface area contributed by atoms with Crippen molar-refractivity contribution in [1.82, 2.24) is 0 Å². The largest absolute Gasteiger partial charge is 0.203 e. The van der Waals surface area contributed by atoms with E-state index in [-0.39, 0.29) is 0 Å². The second-order valence-corrected chi connectivity index (χ2v) is 6.53. The van der Waals surface area contributed by atoms with E-state index in [1.54, 1.807) is 19.1 Å². The molecule has 0 saturated heterocycles. The van der Waals surface area contributed by atoms with Crippen LogP contribution in [-0.2, 0) is 0 Å². The molecule has 0 N–H and O–H groups in total. The number of rotatable bonds is 3. The van der Waals surface area contributed by atoms with Gasteiger partial charge in [0.2, 0.25) is 0 Å². The van der Waals surface area contributed by atoms with Crippen molar-refractivity contribution in [2.45, 2.75) is 38.5 Å². The Morgan fingerprint density at radius 1 is 0.913 bits per heavy atom. The zero-order valence-corrected chi connectivity index (χ0v) is 13.5. The summed E-state index contributed by atoms with van der Waals surface area (Å²) >= 11 is 0. The van der Waals surface area contributed by atoms with E-state index in [2.05, 4.69) is 24.8 Å². The summed E-state index contributed by atoms with van der Waals surface area (Å²) in [6.45, 7) is 5.46. The molecule has 0 atom stereocenters. The van der Waals surface area contributed by atoms with E-state index in [0.717, 1.165) is 5.56 Å². The van der Waals surface area contributed by atoms with Crippen LogP contribution in [0.15, 0.2) is 49.1 Å². The molecule has 0 unspecified atom stereocenters. The van der Waals surface area contributed by atoms with E-state index in [9.17, 15) is 8.78 Å². The van der Waals surface area contributed by atoms with Gasteiger partial charge in [0, 0.05) is 5.56 Å². The topological polar surface area (TPSA) is 0 Å². The zero-order valence-electron chi connectivity index (χ0n) is 13.5. The van der Waals surface area contributed by atoms with Gasteiger partial charge in [0.05, 0.1) is 0 Å². The maximum atomic E-state index is 14.1. The lowest BCUT2D eigenvalue weighted by atomic mass is 9.78. The van der Waals surface area contributed by atoms with Gasteiger partial charge in [-0.05, 0) is 61.1 Å². The van der Waals surface area contributed by atoms with Crippen LogP contribution in [0.25, 0.3) is 11.1 Å². The SMILES string of the molecule is C=CC1CCC(c2ccc(-c3ccc(C)c(F)c3F)cc2)CC1. The minimum atomic E-state index is -0.760. The molecule has 1 saturated carbocycles. The van der Waals surface area contributed by atoms with Crippen molar-refractivity contribution in [1.29, 1.82) is 0 Å². The Kier molecular flexibility index (Phi) is 4.61. The zero-order chi connectivity index (χ0) is 16.4. The first-order chi connectivity index (χ1) is 11.1. The van der Waals surface area contributed by atoms with Gasteiger partial charge in [-0.25, -0.2) is 8.78 Å². The summed E-state index contributed by atoms with van der Waals surface area (Å²) in [6.07, 6.45) is 6.78. The van der Waals surface area contributed by atoms with Gasteiger partial charge in [-0.3, -0.25) is 0 Å². The van der Waals surface area contributed by atoms with Gasteiger partial charge in [-0.2, -0.15) is 0 Å². The molecule has 23 heavy (non-hydrogen) atoms. The van der Waals surface area contributed by atoms with Gasteiger partial charge in [0.15, 0.2) is 11.6 Å². The summed E-state index contributed by atoms with van der Waals surface area (Å²) < 4.78 is 27.8. The van der Waals surface area contributed by atoms with Crippen molar-refractivity contribution in [2.75, 3.05) is 0 Å². The fourth-order valence-corrected chi connectivity index (χ4v) is 3.49. The quantitative estimate of drug-likeness (QED) is 0.575. The Morgan fingerprint density at radius 2 is 1.57 bits per heavy atom. The van der Waals surface area contributed by atoms with Crippen LogP contribution in [0.3, 0.4) is 0 Å². The van der Waals surface area contributed by atoms with Crippen LogP contribution < -0.4 is 0 Å². The highest BCUT2D eigenvalue weighted by molar-refractivity contribution is 5.65. The third kappa shape index (κ3) is 3.21. The second kappa shape index (κ2) is 6.66. The predicted octanol–water partition coefficient (Wildman–Crippen LogP) is 6.40. The standard InChI is InChI=1S/C21H22F2/c1-3-15-5-7-16(8-6-15)17-9-11-18(12-10-17)19-13-4-14(2)20(22)21(19)23/h3-4,9-13,15-16H,1,5-8H2,2H3. The molecule has 3 rings (SSSR count). The highest BCUT2D eigenvalue weighted by atomic mass is 19.2. The summed E-state index contributed by atoms with van der Waals surface area (Å²) in [5.74, 6) is -0.298. The van der Waals surface area contributed by atoms with Gasteiger partial charge in [0.25, 0.3) is 0 Å². The predicted molar refractivity (Wildman–Crippen MR) is 91.4 cm³/mol. The molecule has 0 amide bonds. The molecular formula is C21H22F2. The molecule has 1 aliphatic rings. The highest BCUT2D eigenvalue weighted by Crippen LogP contribution is 2.37. The van der Waals surface area contributed by atoms with Crippen molar-refractivity contribution in [3.63, 3.8) is 0 Å². The molecule has 0 aromatic heterocycles. The Morgan fingerprint density at radius 3 is 2.17 bits per heavy atom. The van der Waals surface area contributed by atoms with Crippen LogP contribution in [0, 0.1) is 24.5 Å². The van der Waals surface area contributed by atoms with E-state index < -0.39 is 11.6 Å². The minimum Gasteiger partial charge on any atom is -0.203 e. The molecule has 0 spiro atoms. The summed E-state index contributed by atoms with van der Waals surface area (Å²) in [6, 6.07) is 11.2. The maximum Gasteiger partial charge on any atom is 0.166 e. The fraction of sp³-hybridized carbons (Fsp3) is 0.333. The van der Waals surface area contributed by atoms with Crippen molar-refractivity contribution in [2.24, 2.45) is 5.92 Å². The van der Waals surface area contributed by atoms with Crippen molar-refractivity contribution in [3.8, 4) is 11.1 Å². The third-order valence-electron chi connectivity index (χ3n) is 5.07. The second-order valence-electron chi connectivity index (χ2n) is 6.53. The number of allylic oxidation sites excluding steroid dienone is 1. The van der Waals surface area contributed by atoms with Crippen molar-refractivity contribution < 1.29 is 8.78 Å². The lowest BCUT2D eigenvalue weighted by Crippen LogP contribution is -2.11. The highest BCUT2D eigenvalue weighted by Gasteiger charge is 2.20. The van der Waals surface area contributed by atoms with Gasteiger partial charge in [-0.1, -0.05) is 42.5 Å². The number of aryl methyl sites for hydroxylation is 1. The first-order valence-electron chi connectivity index (χ1n) is 8.27.